The molecule has 0 atom stereocenters. The fraction of sp³-hybridized carbons (Fsp3) is 0.217. The molecule has 0 bridgehead atoms. The second kappa shape index (κ2) is 8.67. The Labute approximate surface area is 198 Å². The van der Waals surface area contributed by atoms with Crippen molar-refractivity contribution in [2.24, 2.45) is 5.92 Å². The van der Waals surface area contributed by atoms with Crippen LogP contribution in [-0.4, -0.2) is 53.3 Å². The van der Waals surface area contributed by atoms with Crippen LogP contribution in [0.2, 0.25) is 0 Å². The zero-order valence-corrected chi connectivity index (χ0v) is 19.0. The van der Waals surface area contributed by atoms with Crippen molar-refractivity contribution in [1.82, 2.24) is 34.3 Å². The fourth-order valence-corrected chi connectivity index (χ4v) is 4.84. The average molecular weight is 472 g/mol. The Morgan fingerprint density at radius 2 is 1.82 bits per heavy atom. The van der Waals surface area contributed by atoms with Gasteiger partial charge in [-0.05, 0) is 37.1 Å². The second-order valence-corrected chi connectivity index (χ2v) is 9.01. The second-order valence-electron chi connectivity index (χ2n) is 8.14. The molecule has 5 aromatic rings. The third-order valence-electron chi connectivity index (χ3n) is 6.02. The van der Waals surface area contributed by atoms with E-state index in [0.717, 1.165) is 53.7 Å². The normalized spacial score (nSPS) is 14.5. The summed E-state index contributed by atoms with van der Waals surface area (Å²) < 4.78 is 3.58. The highest BCUT2D eigenvalue weighted by atomic mass is 32.1. The summed E-state index contributed by atoms with van der Waals surface area (Å²) in [6.07, 6.45) is 8.59. The number of benzene rings is 1. The van der Waals surface area contributed by atoms with Crippen molar-refractivity contribution in [1.29, 1.82) is 0 Å². The first-order valence-electron chi connectivity index (χ1n) is 11.0. The number of thiazole rings is 1. The van der Waals surface area contributed by atoms with E-state index in [2.05, 4.69) is 35.5 Å². The summed E-state index contributed by atoms with van der Waals surface area (Å²) in [5, 5.41) is 17.7. The Bertz CT molecular complexity index is 1370. The van der Waals surface area contributed by atoms with Crippen molar-refractivity contribution in [2.45, 2.75) is 12.8 Å². The average Bonchev–Trinajstić information content (AvgIpc) is 3.63. The minimum atomic E-state index is -0.0294. The lowest BCUT2D eigenvalue weighted by Gasteiger charge is -2.31. The highest BCUT2D eigenvalue weighted by Crippen LogP contribution is 2.25. The minimum absolute atomic E-state index is 0.0294. The molecule has 11 heteroatoms. The van der Waals surface area contributed by atoms with Crippen molar-refractivity contribution < 1.29 is 4.79 Å². The number of hydrogen-bond acceptors (Lipinski definition) is 8. The maximum Gasteiger partial charge on any atom is 0.227 e. The van der Waals surface area contributed by atoms with Gasteiger partial charge < -0.3 is 10.2 Å². The van der Waals surface area contributed by atoms with Crippen LogP contribution < -0.4 is 10.2 Å². The van der Waals surface area contributed by atoms with E-state index in [4.69, 9.17) is 0 Å². The van der Waals surface area contributed by atoms with Crippen LogP contribution in [0.3, 0.4) is 0 Å². The van der Waals surface area contributed by atoms with E-state index in [0.29, 0.717) is 5.82 Å². The number of hydrogen-bond donors (Lipinski definition) is 1. The molecular formula is C23H21N9OS. The van der Waals surface area contributed by atoms with Crippen LogP contribution >= 0.6 is 11.3 Å². The van der Waals surface area contributed by atoms with E-state index in [1.807, 2.05) is 58.6 Å². The minimum Gasteiger partial charge on any atom is -0.355 e. The van der Waals surface area contributed by atoms with Crippen LogP contribution in [0.1, 0.15) is 12.8 Å². The van der Waals surface area contributed by atoms with Crippen LogP contribution in [0.15, 0.2) is 66.8 Å². The van der Waals surface area contributed by atoms with E-state index in [9.17, 15) is 4.79 Å². The third kappa shape index (κ3) is 4.01. The molecule has 0 unspecified atom stereocenters. The number of carbonyl (C=O) groups excluding carboxylic acids is 1. The molecular weight excluding hydrogens is 450 g/mol. The molecule has 1 aromatic carbocycles. The molecule has 1 fully saturated rings. The molecule has 5 heterocycles. The first kappa shape index (κ1) is 20.5. The molecule has 1 amide bonds. The van der Waals surface area contributed by atoms with Gasteiger partial charge in [0.1, 0.15) is 12.7 Å². The Hall–Kier alpha value is -4.12. The standard InChI is InChI=1S/C23H21N9OS/c33-22(26-18-3-1-16(2-4-18)19-13-31-11-12-34-23(31)27-19)17-7-9-30(10-8-17)20-5-6-21(29-28-20)32-15-24-14-25-32/h1-6,11-15,17H,7-10H2,(H,26,33). The number of carbonyl (C=O) groups is 1. The molecule has 4 aromatic heterocycles. The van der Waals surface area contributed by atoms with E-state index < -0.39 is 0 Å². The first-order chi connectivity index (χ1) is 16.7. The van der Waals surface area contributed by atoms with Crippen LogP contribution in [-0.2, 0) is 4.79 Å². The van der Waals surface area contributed by atoms with Gasteiger partial charge in [-0.3, -0.25) is 9.20 Å². The predicted molar refractivity (Wildman–Crippen MR) is 129 cm³/mol. The van der Waals surface area contributed by atoms with Crippen molar-refractivity contribution in [3.05, 3.63) is 66.8 Å². The lowest BCUT2D eigenvalue weighted by Crippen LogP contribution is -2.38. The van der Waals surface area contributed by atoms with Gasteiger partial charge in [0.25, 0.3) is 0 Å². The topological polar surface area (TPSA) is 106 Å². The van der Waals surface area contributed by atoms with Gasteiger partial charge in [0.15, 0.2) is 16.6 Å². The van der Waals surface area contributed by atoms with Gasteiger partial charge in [-0.1, -0.05) is 12.1 Å². The van der Waals surface area contributed by atoms with Gasteiger partial charge >= 0.3 is 0 Å². The maximum absolute atomic E-state index is 12.8. The lowest BCUT2D eigenvalue weighted by atomic mass is 9.95. The Balaban J connectivity index is 1.04. The predicted octanol–water partition coefficient (Wildman–Crippen LogP) is 3.29. The van der Waals surface area contributed by atoms with Gasteiger partial charge in [0, 0.05) is 48.0 Å². The molecule has 0 aliphatic carbocycles. The van der Waals surface area contributed by atoms with Gasteiger partial charge in [-0.15, -0.1) is 21.5 Å². The summed E-state index contributed by atoms with van der Waals surface area (Å²) >= 11 is 1.61. The number of rotatable bonds is 5. The Morgan fingerprint density at radius 3 is 2.53 bits per heavy atom. The van der Waals surface area contributed by atoms with Gasteiger partial charge in [0.2, 0.25) is 5.91 Å². The number of fused-ring (bicyclic) bond motifs is 1. The number of amides is 1. The first-order valence-corrected chi connectivity index (χ1v) is 11.9. The highest BCUT2D eigenvalue weighted by molar-refractivity contribution is 7.15. The quantitative estimate of drug-likeness (QED) is 0.419. The number of anilines is 2. The van der Waals surface area contributed by atoms with E-state index >= 15 is 0 Å². The van der Waals surface area contributed by atoms with Crippen molar-refractivity contribution in [3.63, 3.8) is 0 Å². The van der Waals surface area contributed by atoms with E-state index in [1.54, 1.807) is 22.3 Å². The molecule has 1 N–H and O–H groups in total. The summed E-state index contributed by atoms with van der Waals surface area (Å²) in [5.74, 6) is 1.45. The Kier molecular flexibility index (Phi) is 5.22. The largest absolute Gasteiger partial charge is 0.355 e. The van der Waals surface area contributed by atoms with Crippen molar-refractivity contribution in [3.8, 4) is 17.1 Å². The molecule has 1 saturated heterocycles. The van der Waals surface area contributed by atoms with Crippen LogP contribution in [0, 0.1) is 5.92 Å². The molecule has 1 aliphatic rings. The van der Waals surface area contributed by atoms with Crippen LogP contribution in [0.4, 0.5) is 11.5 Å². The monoisotopic (exact) mass is 471 g/mol. The summed E-state index contributed by atoms with van der Waals surface area (Å²) in [4.78, 5) is 24.5. The van der Waals surface area contributed by atoms with Gasteiger partial charge in [0.05, 0.1) is 5.69 Å². The highest BCUT2D eigenvalue weighted by Gasteiger charge is 2.26. The maximum atomic E-state index is 12.8. The molecule has 10 nitrogen and oxygen atoms in total. The van der Waals surface area contributed by atoms with Crippen molar-refractivity contribution >= 4 is 33.7 Å². The summed E-state index contributed by atoms with van der Waals surface area (Å²) in [7, 11) is 0. The number of aromatic nitrogens is 7. The molecule has 170 valence electrons. The molecule has 1 aliphatic heterocycles. The lowest BCUT2D eigenvalue weighted by molar-refractivity contribution is -0.120. The van der Waals surface area contributed by atoms with Gasteiger partial charge in [-0.25, -0.2) is 14.6 Å². The Morgan fingerprint density at radius 1 is 1.03 bits per heavy atom. The van der Waals surface area contributed by atoms with E-state index in [-0.39, 0.29) is 11.8 Å². The summed E-state index contributed by atoms with van der Waals surface area (Å²) in [5.41, 5.74) is 2.75. The molecule has 0 radical (unpaired) electrons. The smallest absolute Gasteiger partial charge is 0.227 e. The fourth-order valence-electron chi connectivity index (χ4n) is 4.14. The van der Waals surface area contributed by atoms with E-state index in [1.165, 1.54) is 6.33 Å². The summed E-state index contributed by atoms with van der Waals surface area (Å²) in [6, 6.07) is 11.6. The SMILES string of the molecule is O=C(Nc1ccc(-c2cn3ccsc3n2)cc1)C1CCN(c2ccc(-n3cncn3)nn2)CC1. The molecule has 0 saturated carbocycles. The van der Waals surface area contributed by atoms with Crippen LogP contribution in [0.5, 0.6) is 0 Å². The van der Waals surface area contributed by atoms with Gasteiger partial charge in [-0.2, -0.15) is 5.10 Å². The molecule has 0 spiro atoms. The molecule has 34 heavy (non-hydrogen) atoms. The zero-order valence-electron chi connectivity index (χ0n) is 18.2. The van der Waals surface area contributed by atoms with Crippen molar-refractivity contribution in [2.75, 3.05) is 23.3 Å². The third-order valence-corrected chi connectivity index (χ3v) is 6.79. The van der Waals surface area contributed by atoms with Crippen LogP contribution in [0.25, 0.3) is 22.0 Å². The number of nitrogens with zero attached hydrogens (tertiary/aromatic N) is 8. The number of piperidine rings is 1. The zero-order chi connectivity index (χ0) is 22.9. The molecule has 6 rings (SSSR count). The number of imidazole rings is 1. The summed E-state index contributed by atoms with van der Waals surface area (Å²) in [6.45, 7) is 1.51. The number of nitrogens with one attached hydrogen (secondary N) is 1.